The van der Waals surface area contributed by atoms with E-state index in [9.17, 15) is 22.8 Å². The van der Waals surface area contributed by atoms with E-state index >= 15 is 0 Å². The molecule has 1 aliphatic rings. The van der Waals surface area contributed by atoms with Crippen molar-refractivity contribution in [2.45, 2.75) is 4.90 Å². The minimum absolute atomic E-state index is 0.0197. The van der Waals surface area contributed by atoms with E-state index in [1.54, 1.807) is 0 Å². The van der Waals surface area contributed by atoms with Gasteiger partial charge in [-0.05, 0) is 0 Å². The lowest BCUT2D eigenvalue weighted by atomic mass is 10.2. The Hall–Kier alpha value is -3.86. The number of benzene rings is 2. The van der Waals surface area contributed by atoms with Gasteiger partial charge in [-0.25, -0.2) is 10.1 Å². The van der Waals surface area contributed by atoms with E-state index in [0.717, 1.165) is 0 Å². The summed E-state index contributed by atoms with van der Waals surface area (Å²) >= 11 is 0. The third-order valence-electron chi connectivity index (χ3n) is 3.23. The lowest BCUT2D eigenvalue weighted by Gasteiger charge is -2.10. The highest BCUT2D eigenvalue weighted by Gasteiger charge is 2.26. The molecule has 1 aliphatic heterocycles. The number of carbonyl (C=O) groups is 3. The number of amides is 4. The van der Waals surface area contributed by atoms with Crippen molar-refractivity contribution in [1.29, 1.82) is 0 Å². The van der Waals surface area contributed by atoms with Crippen LogP contribution in [0.5, 0.6) is 0 Å². The van der Waals surface area contributed by atoms with Crippen LogP contribution in [-0.4, -0.2) is 31.2 Å². The maximum Gasteiger partial charge on any atom is 0.368 e. The Labute approximate surface area is 173 Å². The molecule has 2 aromatic rings. The molecule has 0 atom stereocenters. The first-order valence-corrected chi connectivity index (χ1v) is 9.05. The van der Waals surface area contributed by atoms with Gasteiger partial charge in [0.15, 0.2) is 0 Å². The largest absolute Gasteiger partial charge is 0.368 e. The van der Waals surface area contributed by atoms with Gasteiger partial charge in [-0.3, -0.25) is 9.59 Å². The first-order chi connectivity index (χ1) is 14.1. The minimum atomic E-state index is -4.34. The van der Waals surface area contributed by atoms with Crippen LogP contribution in [0.2, 0.25) is 0 Å². The van der Waals surface area contributed by atoms with Crippen molar-refractivity contribution >= 4 is 44.9 Å². The van der Waals surface area contributed by atoms with Crippen LogP contribution in [0.3, 0.4) is 0 Å². The van der Waals surface area contributed by atoms with Crippen molar-refractivity contribution in [3.8, 4) is 0 Å². The van der Waals surface area contributed by atoms with Crippen LogP contribution in [0.15, 0.2) is 17.2 Å². The Kier molecular flexibility index (Phi) is 5.47. The summed E-state index contributed by atoms with van der Waals surface area (Å²) in [7, 11) is 2.14. The molecule has 143 valence electrons. The summed E-state index contributed by atoms with van der Waals surface area (Å²) in [4.78, 5) is 34.8. The van der Waals surface area contributed by atoms with Gasteiger partial charge >= 0.3 is 6.03 Å². The molecule has 13 radical (unpaired) electrons. The highest BCUT2D eigenvalue weighted by Crippen LogP contribution is 2.29. The van der Waals surface area contributed by atoms with Crippen LogP contribution in [0, 0.1) is 56.6 Å². The van der Waals surface area contributed by atoms with Crippen molar-refractivity contribution in [3.05, 3.63) is 74.4 Å². The molecule has 0 unspecified atom stereocenters. The van der Waals surface area contributed by atoms with Crippen molar-refractivity contribution in [2.24, 2.45) is 0 Å². The predicted octanol–water partition coefficient (Wildman–Crippen LogP) is 0.188. The van der Waals surface area contributed by atoms with Crippen LogP contribution in [0.4, 0.5) is 21.9 Å². The summed E-state index contributed by atoms with van der Waals surface area (Å²) in [6.45, 7) is 3.32. The number of hydrogen-bond donors (Lipinski definition) is 0. The maximum atomic E-state index is 12.4. The maximum absolute atomic E-state index is 12.4. The van der Waals surface area contributed by atoms with Gasteiger partial charge in [0, 0.05) is 56.6 Å². The predicted molar refractivity (Wildman–Crippen MR) is 95.9 cm³/mol. The first-order valence-electron chi connectivity index (χ1n) is 7.61. The smallest absolute Gasteiger partial charge is 0.334 e. The Morgan fingerprint density at radius 2 is 1.60 bits per heavy atom. The fraction of sp³-hybridized carbons (Fsp3) is 0. The van der Waals surface area contributed by atoms with Crippen LogP contribution in [0.1, 0.15) is 10.4 Å². The molecule has 2 aromatic carbocycles. The molecule has 0 aliphatic carbocycles. The van der Waals surface area contributed by atoms with Gasteiger partial charge in [0.05, 0.1) is 11.3 Å². The van der Waals surface area contributed by atoms with Gasteiger partial charge in [0.1, 0.15) is 22.0 Å². The lowest BCUT2D eigenvalue weighted by molar-refractivity contribution is -0.123. The quantitative estimate of drug-likeness (QED) is 0.617. The van der Waals surface area contributed by atoms with Gasteiger partial charge < -0.3 is 4.90 Å². The zero-order valence-corrected chi connectivity index (χ0v) is 15.6. The molecule has 0 saturated carbocycles. The number of sulfonamides is 1. The van der Waals surface area contributed by atoms with Crippen molar-refractivity contribution < 1.29 is 22.8 Å². The molecule has 11 heteroatoms. The summed E-state index contributed by atoms with van der Waals surface area (Å²) in [5, 5.41) is 10.4. The van der Waals surface area contributed by atoms with E-state index in [0.29, 0.717) is 4.90 Å². The van der Waals surface area contributed by atoms with Gasteiger partial charge in [-0.15, -0.1) is 0 Å². The van der Waals surface area contributed by atoms with E-state index in [2.05, 4.69) is 83.8 Å². The summed E-state index contributed by atoms with van der Waals surface area (Å²) in [6, 6.07) is 15.5. The fourth-order valence-corrected chi connectivity index (χ4v) is 2.74. The Bertz CT molecular complexity index is 1160. The standard InChI is InChI=1S/C19H6N5O5S/c1-11(18(26)24(2)3)20-17(25)12-4-6-13(7-5-12)23-30(28,29)14-8-9-15-16(10-14)22-19(27)21-15/h1-3H2. The topological polar surface area (TPSA) is 145 Å². The molecular formula is C19H6N5O5S. The summed E-state index contributed by atoms with van der Waals surface area (Å²) < 4.78 is 28.2. The second-order valence-electron chi connectivity index (χ2n) is 5.41. The molecule has 4 amide bonds. The highest BCUT2D eigenvalue weighted by molar-refractivity contribution is 7.89. The summed E-state index contributed by atoms with van der Waals surface area (Å²) in [5.41, 5.74) is -1.14. The molecular weight excluding hydrogens is 410 g/mol. The molecule has 0 aromatic heterocycles. The molecule has 3 rings (SSSR count). The van der Waals surface area contributed by atoms with E-state index in [4.69, 9.17) is 0 Å². The molecule has 0 fully saturated rings. The number of hydrogen-bond acceptors (Lipinski definition) is 5. The van der Waals surface area contributed by atoms with Gasteiger partial charge in [0.2, 0.25) is 0 Å². The summed E-state index contributed by atoms with van der Waals surface area (Å²) in [6.07, 6.45) is 0. The first kappa shape index (κ1) is 20.9. The van der Waals surface area contributed by atoms with Crippen LogP contribution >= 0.6 is 0 Å². The number of urea groups is 1. The van der Waals surface area contributed by atoms with E-state index < -0.39 is 38.5 Å². The molecule has 0 saturated heterocycles. The third kappa shape index (κ3) is 4.41. The van der Waals surface area contributed by atoms with Gasteiger partial charge in [-0.1, -0.05) is 6.58 Å². The lowest BCUT2D eigenvalue weighted by Crippen LogP contribution is -2.27. The average Bonchev–Trinajstić information content (AvgIpc) is 3.06. The Morgan fingerprint density at radius 3 is 2.23 bits per heavy atom. The second kappa shape index (κ2) is 7.87. The second-order valence-corrected chi connectivity index (χ2v) is 6.95. The van der Waals surface area contributed by atoms with Gasteiger partial charge in [-0.2, -0.15) is 23.8 Å². The van der Waals surface area contributed by atoms with Crippen LogP contribution in [0.25, 0.3) is 0 Å². The Morgan fingerprint density at radius 1 is 0.967 bits per heavy atom. The SMILES string of the molecule is [CH2]N([CH2])C(=O)C(=C)[N]C(=O)c1[c][c]c([N]S(=O)(=O)c2[c][c]c3c([c]2)[N]C(=O)[N]3)[c][c]1. The van der Waals surface area contributed by atoms with E-state index in [-0.39, 0.29) is 22.6 Å². The normalized spacial score (nSPS) is 12.3. The number of fused-ring (bicyclic) bond motifs is 1. The van der Waals surface area contributed by atoms with Crippen LogP contribution in [-0.2, 0) is 14.8 Å². The van der Waals surface area contributed by atoms with Crippen molar-refractivity contribution in [2.75, 3.05) is 0 Å². The van der Waals surface area contributed by atoms with Crippen LogP contribution < -0.4 is 20.7 Å². The molecule has 0 bridgehead atoms. The summed E-state index contributed by atoms with van der Waals surface area (Å²) in [5.74, 6) is -1.73. The third-order valence-corrected chi connectivity index (χ3v) is 4.37. The fourth-order valence-electron chi connectivity index (χ4n) is 1.91. The van der Waals surface area contributed by atoms with Crippen molar-refractivity contribution in [3.63, 3.8) is 0 Å². The molecule has 1 heterocycles. The minimum Gasteiger partial charge on any atom is -0.334 e. The molecule has 10 nitrogen and oxygen atoms in total. The Balaban J connectivity index is 1.70. The molecule has 0 N–H and O–H groups in total. The zero-order chi connectivity index (χ0) is 22.1. The van der Waals surface area contributed by atoms with E-state index in [1.165, 1.54) is 0 Å². The number of rotatable bonds is 6. The molecule has 0 spiro atoms. The number of carbonyl (C=O) groups excluding carboxylic acids is 3. The number of nitrogens with zero attached hydrogens (tertiary/aromatic N) is 5. The monoisotopic (exact) mass is 416 g/mol. The zero-order valence-electron chi connectivity index (χ0n) is 14.8. The van der Waals surface area contributed by atoms with Crippen molar-refractivity contribution in [1.82, 2.24) is 25.6 Å². The molecule has 30 heavy (non-hydrogen) atoms. The van der Waals surface area contributed by atoms with Gasteiger partial charge in [0.25, 0.3) is 21.8 Å². The highest BCUT2D eigenvalue weighted by atomic mass is 32.2. The average molecular weight is 416 g/mol. The van der Waals surface area contributed by atoms with E-state index in [1.807, 2.05) is 0 Å².